The van der Waals surface area contributed by atoms with Crippen molar-refractivity contribution in [3.63, 3.8) is 0 Å². The van der Waals surface area contributed by atoms with E-state index in [-0.39, 0.29) is 11.9 Å². The van der Waals surface area contributed by atoms with Crippen LogP contribution in [0.1, 0.15) is 38.4 Å². The standard InChI is InChI=1S/C18H22N4OS2/c1-10-15-11(2)20-12(3)21-18(15)25-16(10)17(23)19-8-14(22(4)5)13-6-7-24-9-13/h6-7,9,14H,8H2,1-5H3,(H,19,23)/t14-/m1/s1. The van der Waals surface area contributed by atoms with Crippen molar-refractivity contribution in [1.29, 1.82) is 0 Å². The van der Waals surface area contributed by atoms with E-state index in [0.29, 0.717) is 6.54 Å². The van der Waals surface area contributed by atoms with Crippen LogP contribution in [-0.2, 0) is 0 Å². The van der Waals surface area contributed by atoms with E-state index in [2.05, 4.69) is 37.0 Å². The van der Waals surface area contributed by atoms with Crippen LogP contribution in [0.3, 0.4) is 0 Å². The largest absolute Gasteiger partial charge is 0.349 e. The molecule has 3 heterocycles. The molecule has 1 amide bonds. The highest BCUT2D eigenvalue weighted by Gasteiger charge is 2.21. The number of thiophene rings is 2. The highest BCUT2D eigenvalue weighted by molar-refractivity contribution is 7.20. The molecule has 25 heavy (non-hydrogen) atoms. The lowest BCUT2D eigenvalue weighted by atomic mass is 10.1. The van der Waals surface area contributed by atoms with E-state index in [4.69, 9.17) is 0 Å². The number of aromatic nitrogens is 2. The summed E-state index contributed by atoms with van der Waals surface area (Å²) in [5, 5.41) is 8.28. The van der Waals surface area contributed by atoms with Crippen molar-refractivity contribution in [2.24, 2.45) is 0 Å². The molecule has 0 radical (unpaired) electrons. The Labute approximate surface area is 155 Å². The fraction of sp³-hybridized carbons (Fsp3) is 0.389. The fourth-order valence-corrected chi connectivity index (χ4v) is 4.92. The second-order valence-electron chi connectivity index (χ2n) is 6.34. The molecule has 0 bridgehead atoms. The summed E-state index contributed by atoms with van der Waals surface area (Å²) in [5.41, 5.74) is 3.12. The van der Waals surface area contributed by atoms with Gasteiger partial charge in [0.25, 0.3) is 5.91 Å². The zero-order chi connectivity index (χ0) is 18.1. The highest BCUT2D eigenvalue weighted by atomic mass is 32.1. The molecule has 3 aromatic heterocycles. The van der Waals surface area contributed by atoms with Crippen LogP contribution < -0.4 is 5.32 Å². The lowest BCUT2D eigenvalue weighted by Gasteiger charge is -2.23. The smallest absolute Gasteiger partial charge is 0.261 e. The Hall–Kier alpha value is -1.83. The second-order valence-corrected chi connectivity index (χ2v) is 8.12. The average molecular weight is 375 g/mol. The van der Waals surface area contributed by atoms with Gasteiger partial charge >= 0.3 is 0 Å². The quantitative estimate of drug-likeness (QED) is 0.740. The van der Waals surface area contributed by atoms with E-state index in [1.165, 1.54) is 16.9 Å². The third-order valence-corrected chi connectivity index (χ3v) is 6.18. The Morgan fingerprint density at radius 1 is 1.28 bits per heavy atom. The monoisotopic (exact) mass is 374 g/mol. The number of hydrogen-bond donors (Lipinski definition) is 1. The van der Waals surface area contributed by atoms with Gasteiger partial charge in [-0.25, -0.2) is 9.97 Å². The van der Waals surface area contributed by atoms with E-state index >= 15 is 0 Å². The molecule has 0 aliphatic carbocycles. The number of hydrogen-bond acceptors (Lipinski definition) is 6. The summed E-state index contributed by atoms with van der Waals surface area (Å²) in [7, 11) is 4.06. The molecule has 0 fully saturated rings. The number of likely N-dealkylation sites (N-methyl/N-ethyl adjacent to an activating group) is 1. The maximum atomic E-state index is 12.8. The average Bonchev–Trinajstić information content (AvgIpc) is 3.15. The number of nitrogens with zero attached hydrogens (tertiary/aromatic N) is 3. The van der Waals surface area contributed by atoms with Crippen LogP contribution >= 0.6 is 22.7 Å². The molecule has 0 aliphatic rings. The van der Waals surface area contributed by atoms with Crippen LogP contribution in [0.25, 0.3) is 10.2 Å². The molecule has 1 atom stereocenters. The van der Waals surface area contributed by atoms with Crippen molar-refractivity contribution >= 4 is 38.8 Å². The topological polar surface area (TPSA) is 58.1 Å². The van der Waals surface area contributed by atoms with Gasteiger partial charge in [0.1, 0.15) is 10.7 Å². The molecule has 0 aromatic carbocycles. The maximum absolute atomic E-state index is 12.8. The summed E-state index contributed by atoms with van der Waals surface area (Å²) in [6, 6.07) is 2.27. The molecular weight excluding hydrogens is 352 g/mol. The van der Waals surface area contributed by atoms with E-state index < -0.39 is 0 Å². The summed E-state index contributed by atoms with van der Waals surface area (Å²) >= 11 is 3.11. The second kappa shape index (κ2) is 7.19. The molecule has 0 unspecified atom stereocenters. The molecule has 0 saturated carbocycles. The lowest BCUT2D eigenvalue weighted by Crippen LogP contribution is -2.34. The molecule has 7 heteroatoms. The van der Waals surface area contributed by atoms with Crippen LogP contribution in [0, 0.1) is 20.8 Å². The molecule has 0 aliphatic heterocycles. The van der Waals surface area contributed by atoms with E-state index in [0.717, 1.165) is 32.2 Å². The Bertz CT molecular complexity index is 900. The van der Waals surface area contributed by atoms with Crippen LogP contribution in [0.15, 0.2) is 16.8 Å². The minimum atomic E-state index is -0.0420. The Balaban J connectivity index is 1.83. The van der Waals surface area contributed by atoms with Gasteiger partial charge in [0.2, 0.25) is 0 Å². The van der Waals surface area contributed by atoms with Gasteiger partial charge in [-0.2, -0.15) is 11.3 Å². The lowest BCUT2D eigenvalue weighted by molar-refractivity contribution is 0.0945. The first-order chi connectivity index (χ1) is 11.9. The van der Waals surface area contributed by atoms with Crippen molar-refractivity contribution in [3.05, 3.63) is 44.3 Å². The van der Waals surface area contributed by atoms with Crippen LogP contribution in [-0.4, -0.2) is 41.4 Å². The fourth-order valence-electron chi connectivity index (χ4n) is 3.02. The molecular formula is C18H22N4OS2. The van der Waals surface area contributed by atoms with Crippen molar-refractivity contribution < 1.29 is 4.79 Å². The molecule has 0 spiro atoms. The number of carbonyl (C=O) groups is 1. The van der Waals surface area contributed by atoms with Crippen LogP contribution in [0.4, 0.5) is 0 Å². The zero-order valence-corrected chi connectivity index (χ0v) is 16.7. The summed E-state index contributed by atoms with van der Waals surface area (Å²) in [6.07, 6.45) is 0. The molecule has 1 N–H and O–H groups in total. The number of carbonyl (C=O) groups excluding carboxylic acids is 1. The van der Waals surface area contributed by atoms with Gasteiger partial charge in [-0.05, 0) is 62.8 Å². The normalized spacial score (nSPS) is 12.7. The predicted octanol–water partition coefficient (Wildman–Crippen LogP) is 3.71. The predicted molar refractivity (Wildman–Crippen MR) is 105 cm³/mol. The van der Waals surface area contributed by atoms with Gasteiger partial charge in [-0.1, -0.05) is 0 Å². The SMILES string of the molecule is Cc1nc(C)c2c(C)c(C(=O)NC[C@H](c3ccsc3)N(C)C)sc2n1. The zero-order valence-electron chi connectivity index (χ0n) is 15.1. The van der Waals surface area contributed by atoms with Gasteiger partial charge < -0.3 is 10.2 Å². The van der Waals surface area contributed by atoms with Gasteiger partial charge in [0.15, 0.2) is 0 Å². The Kier molecular flexibility index (Phi) is 5.17. The van der Waals surface area contributed by atoms with Crippen molar-refractivity contribution in [1.82, 2.24) is 20.2 Å². The molecule has 3 rings (SSSR count). The number of fused-ring (bicyclic) bond motifs is 1. The first kappa shape index (κ1) is 18.0. The maximum Gasteiger partial charge on any atom is 0.261 e. The summed E-state index contributed by atoms with van der Waals surface area (Å²) in [4.78, 5) is 25.4. The summed E-state index contributed by atoms with van der Waals surface area (Å²) in [5.74, 6) is 0.697. The van der Waals surface area contributed by atoms with Gasteiger partial charge in [0.05, 0.1) is 10.9 Å². The third kappa shape index (κ3) is 3.58. The summed E-state index contributed by atoms with van der Waals surface area (Å²) < 4.78 is 0. The Morgan fingerprint density at radius 2 is 2.04 bits per heavy atom. The molecule has 3 aromatic rings. The molecule has 0 saturated heterocycles. The van der Waals surface area contributed by atoms with E-state index in [9.17, 15) is 4.79 Å². The molecule has 5 nitrogen and oxygen atoms in total. The number of rotatable bonds is 5. The number of aryl methyl sites for hydroxylation is 3. The summed E-state index contributed by atoms with van der Waals surface area (Å²) in [6.45, 7) is 6.39. The minimum Gasteiger partial charge on any atom is -0.349 e. The van der Waals surface area contributed by atoms with Crippen LogP contribution in [0.2, 0.25) is 0 Å². The first-order valence-electron chi connectivity index (χ1n) is 8.09. The third-order valence-electron chi connectivity index (χ3n) is 4.30. The first-order valence-corrected chi connectivity index (χ1v) is 9.85. The molecule has 132 valence electrons. The Morgan fingerprint density at radius 3 is 2.68 bits per heavy atom. The van der Waals surface area contributed by atoms with Crippen molar-refractivity contribution in [3.8, 4) is 0 Å². The van der Waals surface area contributed by atoms with E-state index in [1.54, 1.807) is 11.3 Å². The number of amides is 1. The van der Waals surface area contributed by atoms with Gasteiger partial charge in [-0.15, -0.1) is 11.3 Å². The van der Waals surface area contributed by atoms with Crippen molar-refractivity contribution in [2.45, 2.75) is 26.8 Å². The minimum absolute atomic E-state index is 0.0420. The van der Waals surface area contributed by atoms with Gasteiger partial charge in [-0.3, -0.25) is 4.79 Å². The van der Waals surface area contributed by atoms with Crippen molar-refractivity contribution in [2.75, 3.05) is 20.6 Å². The van der Waals surface area contributed by atoms with Gasteiger partial charge in [0, 0.05) is 17.6 Å². The highest BCUT2D eigenvalue weighted by Crippen LogP contribution is 2.31. The van der Waals surface area contributed by atoms with E-state index in [1.807, 2.05) is 34.9 Å². The number of nitrogens with one attached hydrogen (secondary N) is 1. The van der Waals surface area contributed by atoms with Crippen LogP contribution in [0.5, 0.6) is 0 Å².